The van der Waals surface area contributed by atoms with Crippen LogP contribution in [0, 0.1) is 0 Å². The van der Waals surface area contributed by atoms with Crippen molar-refractivity contribution in [3.8, 4) is 0 Å². The van der Waals surface area contributed by atoms with Crippen LogP contribution < -0.4 is 5.32 Å². The van der Waals surface area contributed by atoms with Gasteiger partial charge in [0, 0.05) is 13.2 Å². The molecule has 0 aromatic rings. The smallest absolute Gasteiger partial charge is 0.250 e. The lowest BCUT2D eigenvalue weighted by Gasteiger charge is -2.12. The summed E-state index contributed by atoms with van der Waals surface area (Å²) in [5.41, 5.74) is 0. The van der Waals surface area contributed by atoms with Gasteiger partial charge < -0.3 is 19.9 Å². The van der Waals surface area contributed by atoms with Crippen LogP contribution in [0.5, 0.6) is 0 Å². The normalized spacial score (nSPS) is 13.4. The summed E-state index contributed by atoms with van der Waals surface area (Å²) in [7, 11) is 0. The van der Waals surface area contributed by atoms with Crippen molar-refractivity contribution < 1.29 is 23.4 Å². The first-order valence-electron chi connectivity index (χ1n) is 4.99. The second-order valence-electron chi connectivity index (χ2n) is 2.97. The van der Waals surface area contributed by atoms with Gasteiger partial charge in [-0.25, -0.2) is 8.78 Å². The quantitative estimate of drug-likeness (QED) is 0.525. The minimum atomic E-state index is -2.39. The number of halogens is 2. The maximum Gasteiger partial charge on any atom is 0.250 e. The molecule has 0 fully saturated rings. The SMILES string of the molecule is CCOCCOCC(O)CNCC(F)F. The van der Waals surface area contributed by atoms with E-state index in [2.05, 4.69) is 5.32 Å². The van der Waals surface area contributed by atoms with Crippen molar-refractivity contribution in [2.45, 2.75) is 19.5 Å². The first kappa shape index (κ1) is 14.7. The molecule has 0 saturated carbocycles. The molecule has 0 aliphatic heterocycles. The summed E-state index contributed by atoms with van der Waals surface area (Å²) in [5, 5.41) is 11.7. The highest BCUT2D eigenvalue weighted by atomic mass is 19.3. The fourth-order valence-electron chi connectivity index (χ4n) is 0.900. The van der Waals surface area contributed by atoms with Crippen molar-refractivity contribution in [2.75, 3.05) is 39.5 Å². The van der Waals surface area contributed by atoms with E-state index in [4.69, 9.17) is 9.47 Å². The zero-order valence-corrected chi connectivity index (χ0v) is 8.92. The van der Waals surface area contributed by atoms with Gasteiger partial charge in [0.25, 0.3) is 6.43 Å². The Balaban J connectivity index is 3.15. The molecule has 0 aromatic carbocycles. The molecular formula is C9H19F2NO3. The van der Waals surface area contributed by atoms with E-state index in [-0.39, 0.29) is 13.2 Å². The Morgan fingerprint density at radius 1 is 1.20 bits per heavy atom. The largest absolute Gasteiger partial charge is 0.389 e. The van der Waals surface area contributed by atoms with Gasteiger partial charge in [-0.15, -0.1) is 0 Å². The summed E-state index contributed by atoms with van der Waals surface area (Å²) in [6, 6.07) is 0. The molecule has 15 heavy (non-hydrogen) atoms. The molecule has 0 bridgehead atoms. The summed E-state index contributed by atoms with van der Waals surface area (Å²) >= 11 is 0. The molecule has 0 heterocycles. The summed E-state index contributed by atoms with van der Waals surface area (Å²) < 4.78 is 33.4. The number of aliphatic hydroxyl groups excluding tert-OH is 1. The fraction of sp³-hybridized carbons (Fsp3) is 1.00. The molecule has 0 saturated heterocycles. The second-order valence-corrected chi connectivity index (χ2v) is 2.97. The molecule has 0 spiro atoms. The third-order valence-electron chi connectivity index (χ3n) is 1.56. The highest BCUT2D eigenvalue weighted by molar-refractivity contribution is 4.58. The monoisotopic (exact) mass is 227 g/mol. The van der Waals surface area contributed by atoms with Crippen LogP contribution in [-0.4, -0.2) is 57.2 Å². The van der Waals surface area contributed by atoms with Crippen molar-refractivity contribution in [1.82, 2.24) is 5.32 Å². The van der Waals surface area contributed by atoms with E-state index >= 15 is 0 Å². The Morgan fingerprint density at radius 2 is 1.87 bits per heavy atom. The van der Waals surface area contributed by atoms with Crippen molar-refractivity contribution in [1.29, 1.82) is 0 Å². The number of nitrogens with one attached hydrogen (secondary N) is 1. The van der Waals surface area contributed by atoms with Crippen LogP contribution in [0.1, 0.15) is 6.92 Å². The topological polar surface area (TPSA) is 50.7 Å². The maximum atomic E-state index is 11.7. The van der Waals surface area contributed by atoms with Gasteiger partial charge >= 0.3 is 0 Å². The molecule has 6 heteroatoms. The molecule has 92 valence electrons. The van der Waals surface area contributed by atoms with Gasteiger partial charge in [0.05, 0.1) is 32.5 Å². The average Bonchev–Trinajstić information content (AvgIpc) is 2.17. The van der Waals surface area contributed by atoms with Crippen LogP contribution >= 0.6 is 0 Å². The Labute approximate surface area is 88.6 Å². The van der Waals surface area contributed by atoms with E-state index in [1.807, 2.05) is 6.92 Å². The van der Waals surface area contributed by atoms with Crippen molar-refractivity contribution in [2.24, 2.45) is 0 Å². The lowest BCUT2D eigenvalue weighted by Crippen LogP contribution is -2.33. The molecule has 0 aliphatic rings. The third-order valence-corrected chi connectivity index (χ3v) is 1.56. The molecular weight excluding hydrogens is 208 g/mol. The van der Waals surface area contributed by atoms with Gasteiger partial charge in [-0.3, -0.25) is 0 Å². The predicted molar refractivity (Wildman–Crippen MR) is 52.2 cm³/mol. The first-order valence-corrected chi connectivity index (χ1v) is 4.99. The van der Waals surface area contributed by atoms with Crippen LogP contribution in [0.2, 0.25) is 0 Å². The van der Waals surface area contributed by atoms with Crippen LogP contribution in [-0.2, 0) is 9.47 Å². The van der Waals surface area contributed by atoms with Gasteiger partial charge in [0.2, 0.25) is 0 Å². The predicted octanol–water partition coefficient (Wildman–Crippen LogP) is 0.255. The second kappa shape index (κ2) is 10.2. The molecule has 0 aromatic heterocycles. The molecule has 0 aliphatic carbocycles. The van der Waals surface area contributed by atoms with Gasteiger partial charge in [0.15, 0.2) is 0 Å². The number of alkyl halides is 2. The Hall–Kier alpha value is -0.300. The average molecular weight is 227 g/mol. The molecule has 4 nitrogen and oxygen atoms in total. The van der Waals surface area contributed by atoms with Crippen molar-refractivity contribution in [3.05, 3.63) is 0 Å². The molecule has 0 rings (SSSR count). The zero-order chi connectivity index (χ0) is 11.5. The Bertz CT molecular complexity index is 139. The highest BCUT2D eigenvalue weighted by Gasteiger charge is 2.06. The minimum absolute atomic E-state index is 0.110. The van der Waals surface area contributed by atoms with Crippen LogP contribution in [0.3, 0.4) is 0 Å². The summed E-state index contributed by atoms with van der Waals surface area (Å²) in [6.45, 7) is 3.22. The lowest BCUT2D eigenvalue weighted by molar-refractivity contribution is 0.00537. The maximum absolute atomic E-state index is 11.7. The van der Waals surface area contributed by atoms with Gasteiger partial charge in [-0.1, -0.05) is 0 Å². The Kier molecular flexibility index (Phi) is 10.0. The van der Waals surface area contributed by atoms with E-state index in [0.29, 0.717) is 19.8 Å². The van der Waals surface area contributed by atoms with E-state index in [1.165, 1.54) is 0 Å². The minimum Gasteiger partial charge on any atom is -0.389 e. The van der Waals surface area contributed by atoms with E-state index < -0.39 is 19.1 Å². The Morgan fingerprint density at radius 3 is 2.47 bits per heavy atom. The summed E-state index contributed by atoms with van der Waals surface area (Å²) in [4.78, 5) is 0. The summed E-state index contributed by atoms with van der Waals surface area (Å²) in [5.74, 6) is 0. The zero-order valence-electron chi connectivity index (χ0n) is 8.92. The van der Waals surface area contributed by atoms with E-state index in [9.17, 15) is 13.9 Å². The molecule has 1 atom stereocenters. The summed E-state index contributed by atoms with van der Waals surface area (Å²) in [6.07, 6.45) is -3.15. The van der Waals surface area contributed by atoms with Gasteiger partial charge in [0.1, 0.15) is 0 Å². The van der Waals surface area contributed by atoms with E-state index in [1.54, 1.807) is 0 Å². The number of hydrogen-bond acceptors (Lipinski definition) is 4. The fourth-order valence-corrected chi connectivity index (χ4v) is 0.900. The van der Waals surface area contributed by atoms with Gasteiger partial charge in [-0.2, -0.15) is 0 Å². The first-order chi connectivity index (χ1) is 7.16. The third kappa shape index (κ3) is 11.6. The molecule has 0 amide bonds. The van der Waals surface area contributed by atoms with Crippen LogP contribution in [0.4, 0.5) is 8.78 Å². The standard InChI is InChI=1S/C9H19F2NO3/c1-2-14-3-4-15-7-8(13)5-12-6-9(10)11/h8-9,12-13H,2-7H2,1H3. The number of hydrogen-bond donors (Lipinski definition) is 2. The van der Waals surface area contributed by atoms with Crippen molar-refractivity contribution >= 4 is 0 Å². The van der Waals surface area contributed by atoms with E-state index in [0.717, 1.165) is 0 Å². The van der Waals surface area contributed by atoms with Crippen molar-refractivity contribution in [3.63, 3.8) is 0 Å². The molecule has 0 radical (unpaired) electrons. The number of rotatable bonds is 10. The molecule has 1 unspecified atom stereocenters. The highest BCUT2D eigenvalue weighted by Crippen LogP contribution is 1.89. The number of ether oxygens (including phenoxy) is 2. The lowest BCUT2D eigenvalue weighted by atomic mass is 10.4. The van der Waals surface area contributed by atoms with Crippen LogP contribution in [0.15, 0.2) is 0 Å². The number of aliphatic hydroxyl groups is 1. The van der Waals surface area contributed by atoms with Crippen LogP contribution in [0.25, 0.3) is 0 Å². The molecule has 2 N–H and O–H groups in total. The van der Waals surface area contributed by atoms with Gasteiger partial charge in [-0.05, 0) is 6.92 Å².